The normalized spacial score (nSPS) is 10.0. The first-order valence-electron chi connectivity index (χ1n) is 4.70. The standard InChI is InChI=1S/C12H11FN2/c1-14-9-6-7-12(15-8-9)10-4-2-3-5-11(10)13/h2-8,14H,1H3. The average molecular weight is 202 g/mol. The lowest BCUT2D eigenvalue weighted by Crippen LogP contribution is -1.91. The van der Waals surface area contributed by atoms with Crippen molar-refractivity contribution in [1.82, 2.24) is 4.98 Å². The molecule has 0 radical (unpaired) electrons. The summed E-state index contributed by atoms with van der Waals surface area (Å²) < 4.78 is 13.4. The van der Waals surface area contributed by atoms with Gasteiger partial charge in [0.1, 0.15) is 5.82 Å². The number of halogens is 1. The highest BCUT2D eigenvalue weighted by atomic mass is 19.1. The van der Waals surface area contributed by atoms with Gasteiger partial charge < -0.3 is 5.32 Å². The minimum absolute atomic E-state index is 0.248. The molecule has 0 fully saturated rings. The molecule has 1 aromatic carbocycles. The molecule has 3 heteroatoms. The van der Waals surface area contributed by atoms with Crippen molar-refractivity contribution in [1.29, 1.82) is 0 Å². The van der Waals surface area contributed by atoms with E-state index in [0.29, 0.717) is 11.3 Å². The Labute approximate surface area is 87.8 Å². The quantitative estimate of drug-likeness (QED) is 0.809. The molecule has 0 aliphatic carbocycles. The molecule has 0 atom stereocenters. The second kappa shape index (κ2) is 4.09. The lowest BCUT2D eigenvalue weighted by atomic mass is 10.1. The first kappa shape index (κ1) is 9.65. The number of nitrogens with one attached hydrogen (secondary N) is 1. The van der Waals surface area contributed by atoms with Crippen LogP contribution in [0.15, 0.2) is 42.6 Å². The topological polar surface area (TPSA) is 24.9 Å². The highest BCUT2D eigenvalue weighted by Gasteiger charge is 2.04. The number of hydrogen-bond acceptors (Lipinski definition) is 2. The summed E-state index contributed by atoms with van der Waals surface area (Å²) in [6.45, 7) is 0. The van der Waals surface area contributed by atoms with E-state index in [1.54, 1.807) is 30.5 Å². The van der Waals surface area contributed by atoms with Crippen molar-refractivity contribution in [2.45, 2.75) is 0 Å². The van der Waals surface area contributed by atoms with Crippen molar-refractivity contribution in [2.24, 2.45) is 0 Å². The van der Waals surface area contributed by atoms with Crippen LogP contribution >= 0.6 is 0 Å². The molecule has 0 aliphatic rings. The van der Waals surface area contributed by atoms with Gasteiger partial charge in [-0.25, -0.2) is 4.39 Å². The molecule has 0 saturated heterocycles. The Kier molecular flexibility index (Phi) is 2.63. The fourth-order valence-electron chi connectivity index (χ4n) is 1.37. The monoisotopic (exact) mass is 202 g/mol. The Bertz CT molecular complexity index is 451. The summed E-state index contributed by atoms with van der Waals surface area (Å²) in [6.07, 6.45) is 1.68. The molecule has 0 spiro atoms. The lowest BCUT2D eigenvalue weighted by Gasteiger charge is -2.03. The number of rotatable bonds is 2. The largest absolute Gasteiger partial charge is 0.387 e. The second-order valence-corrected chi connectivity index (χ2v) is 3.16. The minimum atomic E-state index is -0.248. The van der Waals surface area contributed by atoms with Crippen molar-refractivity contribution in [2.75, 3.05) is 12.4 Å². The van der Waals surface area contributed by atoms with E-state index in [9.17, 15) is 4.39 Å². The predicted molar refractivity (Wildman–Crippen MR) is 59.2 cm³/mol. The van der Waals surface area contributed by atoms with Crippen molar-refractivity contribution in [3.63, 3.8) is 0 Å². The molecule has 0 unspecified atom stereocenters. The Morgan fingerprint density at radius 2 is 1.93 bits per heavy atom. The zero-order valence-corrected chi connectivity index (χ0v) is 8.37. The summed E-state index contributed by atoms with van der Waals surface area (Å²) in [7, 11) is 1.82. The van der Waals surface area contributed by atoms with Crippen LogP contribution in [0, 0.1) is 5.82 Å². The summed E-state index contributed by atoms with van der Waals surface area (Å²) >= 11 is 0. The van der Waals surface area contributed by atoms with Gasteiger partial charge in [-0.15, -0.1) is 0 Å². The zero-order chi connectivity index (χ0) is 10.7. The van der Waals surface area contributed by atoms with Crippen LogP contribution in [0.25, 0.3) is 11.3 Å². The first-order chi connectivity index (χ1) is 7.31. The van der Waals surface area contributed by atoms with Crippen LogP contribution < -0.4 is 5.32 Å². The van der Waals surface area contributed by atoms with Crippen molar-refractivity contribution >= 4 is 5.69 Å². The molecule has 2 nitrogen and oxygen atoms in total. The minimum Gasteiger partial charge on any atom is -0.387 e. The van der Waals surface area contributed by atoms with E-state index in [1.807, 2.05) is 13.1 Å². The van der Waals surface area contributed by atoms with E-state index in [0.717, 1.165) is 5.69 Å². The van der Waals surface area contributed by atoms with E-state index in [-0.39, 0.29) is 5.82 Å². The molecule has 0 bridgehead atoms. The molecular formula is C12H11FN2. The van der Waals surface area contributed by atoms with Gasteiger partial charge in [-0.2, -0.15) is 0 Å². The van der Waals surface area contributed by atoms with Crippen LogP contribution in [0.2, 0.25) is 0 Å². The van der Waals surface area contributed by atoms with E-state index in [2.05, 4.69) is 10.3 Å². The summed E-state index contributed by atoms with van der Waals surface area (Å²) in [5, 5.41) is 2.96. The highest BCUT2D eigenvalue weighted by molar-refractivity contribution is 5.61. The van der Waals surface area contributed by atoms with E-state index < -0.39 is 0 Å². The molecule has 2 rings (SSSR count). The molecule has 15 heavy (non-hydrogen) atoms. The Hall–Kier alpha value is -1.90. The first-order valence-corrected chi connectivity index (χ1v) is 4.70. The maximum Gasteiger partial charge on any atom is 0.132 e. The van der Waals surface area contributed by atoms with Gasteiger partial charge in [0.25, 0.3) is 0 Å². The van der Waals surface area contributed by atoms with Crippen LogP contribution in [-0.2, 0) is 0 Å². The Morgan fingerprint density at radius 3 is 2.53 bits per heavy atom. The maximum absolute atomic E-state index is 13.4. The Morgan fingerprint density at radius 1 is 1.13 bits per heavy atom. The summed E-state index contributed by atoms with van der Waals surface area (Å²) in [4.78, 5) is 4.18. The second-order valence-electron chi connectivity index (χ2n) is 3.16. The number of aromatic nitrogens is 1. The molecule has 0 amide bonds. The van der Waals surface area contributed by atoms with E-state index in [1.165, 1.54) is 6.07 Å². The average Bonchev–Trinajstić information content (AvgIpc) is 2.30. The SMILES string of the molecule is CNc1ccc(-c2ccccc2F)nc1. The van der Waals surface area contributed by atoms with Gasteiger partial charge in [0, 0.05) is 12.6 Å². The van der Waals surface area contributed by atoms with Crippen LogP contribution in [-0.4, -0.2) is 12.0 Å². The van der Waals surface area contributed by atoms with Gasteiger partial charge in [-0.05, 0) is 24.3 Å². The van der Waals surface area contributed by atoms with Crippen LogP contribution in [0.3, 0.4) is 0 Å². The number of hydrogen-bond donors (Lipinski definition) is 1. The van der Waals surface area contributed by atoms with Crippen LogP contribution in [0.5, 0.6) is 0 Å². The highest BCUT2D eigenvalue weighted by Crippen LogP contribution is 2.20. The van der Waals surface area contributed by atoms with Gasteiger partial charge in [-0.3, -0.25) is 4.98 Å². The molecule has 1 heterocycles. The molecule has 0 aliphatic heterocycles. The summed E-state index contributed by atoms with van der Waals surface area (Å²) in [5.74, 6) is -0.248. The maximum atomic E-state index is 13.4. The molecule has 0 saturated carbocycles. The van der Waals surface area contributed by atoms with Gasteiger partial charge in [-0.1, -0.05) is 12.1 Å². The molecular weight excluding hydrogens is 191 g/mol. The van der Waals surface area contributed by atoms with Gasteiger partial charge >= 0.3 is 0 Å². The van der Waals surface area contributed by atoms with E-state index >= 15 is 0 Å². The lowest BCUT2D eigenvalue weighted by molar-refractivity contribution is 0.631. The third-order valence-electron chi connectivity index (χ3n) is 2.20. The molecule has 2 aromatic rings. The number of benzene rings is 1. The summed E-state index contributed by atoms with van der Waals surface area (Å²) in [5.41, 5.74) is 2.09. The third-order valence-corrected chi connectivity index (χ3v) is 2.20. The van der Waals surface area contributed by atoms with Crippen molar-refractivity contribution < 1.29 is 4.39 Å². The Balaban J connectivity index is 2.42. The summed E-state index contributed by atoms with van der Waals surface area (Å²) in [6, 6.07) is 10.3. The van der Waals surface area contributed by atoms with Gasteiger partial charge in [0.05, 0.1) is 17.6 Å². The molecule has 1 N–H and O–H groups in total. The van der Waals surface area contributed by atoms with Crippen molar-refractivity contribution in [3.8, 4) is 11.3 Å². The third kappa shape index (κ3) is 1.96. The van der Waals surface area contributed by atoms with Crippen LogP contribution in [0.4, 0.5) is 10.1 Å². The smallest absolute Gasteiger partial charge is 0.132 e. The van der Waals surface area contributed by atoms with E-state index in [4.69, 9.17) is 0 Å². The zero-order valence-electron chi connectivity index (χ0n) is 8.37. The van der Waals surface area contributed by atoms with Crippen LogP contribution in [0.1, 0.15) is 0 Å². The number of nitrogens with zero attached hydrogens (tertiary/aromatic N) is 1. The predicted octanol–water partition coefficient (Wildman–Crippen LogP) is 2.93. The molecule has 1 aromatic heterocycles. The molecule has 76 valence electrons. The van der Waals surface area contributed by atoms with Gasteiger partial charge in [0.15, 0.2) is 0 Å². The van der Waals surface area contributed by atoms with Crippen molar-refractivity contribution in [3.05, 3.63) is 48.4 Å². The fourth-order valence-corrected chi connectivity index (χ4v) is 1.37. The fraction of sp³-hybridized carbons (Fsp3) is 0.0833. The van der Waals surface area contributed by atoms with Gasteiger partial charge in [0.2, 0.25) is 0 Å². The number of pyridine rings is 1. The number of anilines is 1.